The number of carbonyl (C=O) groups is 1. The number of benzene rings is 1. The largest absolute Gasteiger partial charge is 0.339 e. The van der Waals surface area contributed by atoms with Crippen LogP contribution in [-0.4, -0.2) is 53.7 Å². The van der Waals surface area contributed by atoms with Crippen molar-refractivity contribution in [1.82, 2.24) is 14.2 Å². The molecule has 1 amide bonds. The molecule has 1 aromatic heterocycles. The van der Waals surface area contributed by atoms with Crippen molar-refractivity contribution in [1.29, 1.82) is 0 Å². The number of piperazine rings is 1. The maximum absolute atomic E-state index is 13.4. The number of sulfonamides is 1. The fourth-order valence-electron chi connectivity index (χ4n) is 4.02. The lowest BCUT2D eigenvalue weighted by atomic mass is 9.87. The smallest absolute Gasteiger partial charge is 0.243 e. The van der Waals surface area contributed by atoms with Crippen LogP contribution in [-0.2, 0) is 26.7 Å². The summed E-state index contributed by atoms with van der Waals surface area (Å²) >= 11 is 0. The van der Waals surface area contributed by atoms with Crippen molar-refractivity contribution < 1.29 is 13.2 Å². The Labute approximate surface area is 180 Å². The van der Waals surface area contributed by atoms with Gasteiger partial charge in [0.25, 0.3) is 0 Å². The molecule has 1 aliphatic rings. The molecule has 1 aromatic carbocycles. The molecule has 2 heterocycles. The molecule has 2 unspecified atom stereocenters. The Morgan fingerprint density at radius 1 is 1.00 bits per heavy atom. The van der Waals surface area contributed by atoms with Gasteiger partial charge in [0, 0.05) is 37.6 Å². The van der Waals surface area contributed by atoms with Crippen LogP contribution in [0.2, 0.25) is 0 Å². The summed E-state index contributed by atoms with van der Waals surface area (Å²) in [6.07, 6.45) is 3.63. The van der Waals surface area contributed by atoms with Gasteiger partial charge in [0.05, 0.1) is 11.3 Å². The summed E-state index contributed by atoms with van der Waals surface area (Å²) in [5.41, 5.74) is 1.96. The number of amides is 1. The second-order valence-corrected chi connectivity index (χ2v) is 11.0. The van der Waals surface area contributed by atoms with E-state index in [4.69, 9.17) is 0 Å². The highest BCUT2D eigenvalue weighted by Gasteiger charge is 2.39. The molecule has 0 bridgehead atoms. The van der Waals surface area contributed by atoms with E-state index in [1.54, 1.807) is 33.7 Å². The number of hydrogen-bond acceptors (Lipinski definition) is 4. The van der Waals surface area contributed by atoms with Crippen LogP contribution in [0.1, 0.15) is 45.7 Å². The number of aromatic nitrogens is 1. The second kappa shape index (κ2) is 8.47. The Morgan fingerprint density at radius 2 is 1.53 bits per heavy atom. The standard InChI is InChI=1S/C23H31N3O3S/c1-17-15-25(22(27)14-19-10-12-24-13-11-19)16-18(2)26(17)30(28,29)21-8-6-20(7-9-21)23(3,4)5/h6-13,17-18H,14-16H2,1-5H3. The number of hydrogen-bond donors (Lipinski definition) is 0. The summed E-state index contributed by atoms with van der Waals surface area (Å²) in [4.78, 5) is 18.8. The highest BCUT2D eigenvalue weighted by atomic mass is 32.2. The third-order valence-corrected chi connectivity index (χ3v) is 7.73. The van der Waals surface area contributed by atoms with Crippen LogP contribution < -0.4 is 0 Å². The number of carbonyl (C=O) groups excluding carboxylic acids is 1. The summed E-state index contributed by atoms with van der Waals surface area (Å²) in [5.74, 6) is 0.00600. The highest BCUT2D eigenvalue weighted by molar-refractivity contribution is 7.89. The minimum atomic E-state index is -3.64. The average Bonchev–Trinajstić information content (AvgIpc) is 2.67. The van der Waals surface area contributed by atoms with E-state index >= 15 is 0 Å². The minimum absolute atomic E-state index is 0.00600. The van der Waals surface area contributed by atoms with E-state index in [1.807, 2.05) is 38.1 Å². The molecule has 3 rings (SSSR count). The van der Waals surface area contributed by atoms with Crippen LogP contribution in [0.15, 0.2) is 53.7 Å². The lowest BCUT2D eigenvalue weighted by molar-refractivity contribution is -0.133. The first-order valence-electron chi connectivity index (χ1n) is 10.3. The van der Waals surface area contributed by atoms with Gasteiger partial charge in [-0.1, -0.05) is 32.9 Å². The van der Waals surface area contributed by atoms with Crippen molar-refractivity contribution in [2.75, 3.05) is 13.1 Å². The fourth-order valence-corrected chi connectivity index (χ4v) is 5.83. The fraction of sp³-hybridized carbons (Fsp3) is 0.478. The monoisotopic (exact) mass is 429 g/mol. The maximum atomic E-state index is 13.4. The summed E-state index contributed by atoms with van der Waals surface area (Å²) in [7, 11) is -3.64. The molecule has 1 saturated heterocycles. The first-order chi connectivity index (χ1) is 14.0. The van der Waals surface area contributed by atoms with Crippen molar-refractivity contribution in [3.05, 3.63) is 59.9 Å². The Hall–Kier alpha value is -2.25. The van der Waals surface area contributed by atoms with Crippen LogP contribution in [0.4, 0.5) is 0 Å². The lowest BCUT2D eigenvalue weighted by Crippen LogP contribution is -2.59. The zero-order valence-electron chi connectivity index (χ0n) is 18.4. The van der Waals surface area contributed by atoms with Crippen molar-refractivity contribution in [2.45, 2.75) is 63.4 Å². The molecule has 162 valence electrons. The Morgan fingerprint density at radius 3 is 2.03 bits per heavy atom. The molecule has 0 spiro atoms. The van der Waals surface area contributed by atoms with Crippen LogP contribution in [0.25, 0.3) is 0 Å². The van der Waals surface area contributed by atoms with Crippen LogP contribution in [0, 0.1) is 0 Å². The third kappa shape index (κ3) is 4.73. The first kappa shape index (κ1) is 22.4. The Bertz CT molecular complexity index is 971. The zero-order chi connectivity index (χ0) is 22.1. The van der Waals surface area contributed by atoms with E-state index < -0.39 is 10.0 Å². The number of rotatable bonds is 4. The van der Waals surface area contributed by atoms with E-state index in [-0.39, 0.29) is 23.4 Å². The summed E-state index contributed by atoms with van der Waals surface area (Å²) in [5, 5.41) is 0. The van der Waals surface area contributed by atoms with Crippen molar-refractivity contribution in [3.63, 3.8) is 0 Å². The molecule has 1 aliphatic heterocycles. The van der Waals surface area contributed by atoms with E-state index in [0.29, 0.717) is 24.4 Å². The van der Waals surface area contributed by atoms with E-state index in [9.17, 15) is 13.2 Å². The average molecular weight is 430 g/mol. The van der Waals surface area contributed by atoms with Crippen LogP contribution >= 0.6 is 0 Å². The number of pyridine rings is 1. The summed E-state index contributed by atoms with van der Waals surface area (Å²) in [6.45, 7) is 10.8. The highest BCUT2D eigenvalue weighted by Crippen LogP contribution is 2.28. The van der Waals surface area contributed by atoms with Crippen molar-refractivity contribution in [2.24, 2.45) is 0 Å². The van der Waals surface area contributed by atoms with Gasteiger partial charge >= 0.3 is 0 Å². The molecular formula is C23H31N3O3S. The van der Waals surface area contributed by atoms with Gasteiger partial charge < -0.3 is 4.90 Å². The molecule has 2 atom stereocenters. The first-order valence-corrected chi connectivity index (χ1v) is 11.7. The van der Waals surface area contributed by atoms with Crippen LogP contribution in [0.3, 0.4) is 0 Å². The summed E-state index contributed by atoms with van der Waals surface area (Å²) in [6, 6.07) is 10.2. The summed E-state index contributed by atoms with van der Waals surface area (Å²) < 4.78 is 28.3. The minimum Gasteiger partial charge on any atom is -0.339 e. The molecular weight excluding hydrogens is 398 g/mol. The SMILES string of the molecule is CC1CN(C(=O)Cc2ccncc2)CC(C)N1S(=O)(=O)c1ccc(C(C)(C)C)cc1. The second-order valence-electron chi connectivity index (χ2n) is 9.14. The predicted octanol–water partition coefficient (Wildman–Crippen LogP) is 3.23. The van der Waals surface area contributed by atoms with Crippen molar-refractivity contribution in [3.8, 4) is 0 Å². The normalized spacial score (nSPS) is 20.9. The maximum Gasteiger partial charge on any atom is 0.243 e. The molecule has 0 saturated carbocycles. The molecule has 0 radical (unpaired) electrons. The molecule has 2 aromatic rings. The van der Waals surface area contributed by atoms with E-state index in [2.05, 4.69) is 25.8 Å². The molecule has 6 nitrogen and oxygen atoms in total. The van der Waals surface area contributed by atoms with Gasteiger partial charge in [-0.2, -0.15) is 4.31 Å². The molecule has 0 N–H and O–H groups in total. The zero-order valence-corrected chi connectivity index (χ0v) is 19.2. The third-order valence-electron chi connectivity index (χ3n) is 5.59. The molecule has 0 aliphatic carbocycles. The quantitative estimate of drug-likeness (QED) is 0.748. The Balaban J connectivity index is 1.75. The van der Waals surface area contributed by atoms with Gasteiger partial charge in [0.2, 0.25) is 15.9 Å². The predicted molar refractivity (Wildman–Crippen MR) is 118 cm³/mol. The lowest BCUT2D eigenvalue weighted by Gasteiger charge is -2.43. The van der Waals surface area contributed by atoms with Gasteiger partial charge in [0.1, 0.15) is 0 Å². The van der Waals surface area contributed by atoms with E-state index in [0.717, 1.165) is 11.1 Å². The van der Waals surface area contributed by atoms with Crippen LogP contribution in [0.5, 0.6) is 0 Å². The van der Waals surface area contributed by atoms with Gasteiger partial charge in [0.15, 0.2) is 0 Å². The topological polar surface area (TPSA) is 70.6 Å². The van der Waals surface area contributed by atoms with Gasteiger partial charge in [-0.3, -0.25) is 9.78 Å². The van der Waals surface area contributed by atoms with Gasteiger partial charge in [-0.15, -0.1) is 0 Å². The van der Waals surface area contributed by atoms with Gasteiger partial charge in [-0.05, 0) is 54.7 Å². The molecule has 1 fully saturated rings. The molecule has 30 heavy (non-hydrogen) atoms. The Kier molecular flexibility index (Phi) is 6.34. The van der Waals surface area contributed by atoms with Gasteiger partial charge in [-0.25, -0.2) is 8.42 Å². The molecule has 7 heteroatoms. The number of nitrogens with zero attached hydrogens (tertiary/aromatic N) is 3. The van der Waals surface area contributed by atoms with Crippen molar-refractivity contribution >= 4 is 15.9 Å². The van der Waals surface area contributed by atoms with E-state index in [1.165, 1.54) is 0 Å².